The second-order valence-electron chi connectivity index (χ2n) is 6.23. The average Bonchev–Trinajstić information content (AvgIpc) is 2.96. The van der Waals surface area contributed by atoms with E-state index in [-0.39, 0.29) is 30.3 Å². The van der Waals surface area contributed by atoms with Gasteiger partial charge in [0.25, 0.3) is 0 Å². The minimum absolute atomic E-state index is 0. The molecule has 0 aromatic heterocycles. The van der Waals surface area contributed by atoms with Crippen LogP contribution in [0.1, 0.15) is 38.7 Å². The third-order valence-corrected chi connectivity index (χ3v) is 4.34. The number of para-hydroxylation sites is 1. The summed E-state index contributed by atoms with van der Waals surface area (Å²) in [6, 6.07) is 7.46. The molecule has 2 N–H and O–H groups in total. The number of rotatable bonds is 5. The molecule has 23 heavy (non-hydrogen) atoms. The van der Waals surface area contributed by atoms with E-state index in [2.05, 4.69) is 19.2 Å². The first-order valence-corrected chi connectivity index (χ1v) is 7.76. The van der Waals surface area contributed by atoms with Crippen molar-refractivity contribution in [2.45, 2.75) is 39.2 Å². The molecule has 1 aromatic rings. The topological polar surface area (TPSA) is 69.6 Å². The Bertz CT molecular complexity index is 563. The van der Waals surface area contributed by atoms with Crippen LogP contribution in [0.2, 0.25) is 0 Å². The maximum atomic E-state index is 12.5. The summed E-state index contributed by atoms with van der Waals surface area (Å²) in [7, 11) is 0. The van der Waals surface area contributed by atoms with Gasteiger partial charge in [0.1, 0.15) is 0 Å². The van der Waals surface area contributed by atoms with E-state index in [1.165, 1.54) is 0 Å². The molecular formula is C17H25ClN2O3. The van der Waals surface area contributed by atoms with Crippen molar-refractivity contribution in [2.24, 2.45) is 5.92 Å². The van der Waals surface area contributed by atoms with Gasteiger partial charge in [-0.2, -0.15) is 0 Å². The van der Waals surface area contributed by atoms with Gasteiger partial charge in [0, 0.05) is 12.2 Å². The molecule has 1 amide bonds. The van der Waals surface area contributed by atoms with E-state index in [1.807, 2.05) is 36.1 Å². The van der Waals surface area contributed by atoms with Crippen LogP contribution in [0, 0.1) is 5.92 Å². The first kappa shape index (κ1) is 19.5. The van der Waals surface area contributed by atoms with Gasteiger partial charge in [0.05, 0.1) is 12.0 Å². The Morgan fingerprint density at radius 1 is 1.26 bits per heavy atom. The Balaban J connectivity index is 0.00000264. The second-order valence-corrected chi connectivity index (χ2v) is 6.23. The highest BCUT2D eigenvalue weighted by Gasteiger charge is 2.33. The minimum atomic E-state index is -0.778. The van der Waals surface area contributed by atoms with Gasteiger partial charge in [-0.15, -0.1) is 12.4 Å². The Labute approximate surface area is 143 Å². The van der Waals surface area contributed by atoms with E-state index in [1.54, 1.807) is 0 Å². The number of carbonyl (C=O) groups excluding carboxylic acids is 1. The fourth-order valence-corrected chi connectivity index (χ4v) is 2.86. The molecule has 1 aromatic carbocycles. The SMILES string of the molecule is CC(C)c1ccccc1NC(=O)C(C)N1CCC(C(=O)O)C1.Cl. The molecule has 128 valence electrons. The number of hydrogen-bond donors (Lipinski definition) is 2. The largest absolute Gasteiger partial charge is 0.481 e. The summed E-state index contributed by atoms with van der Waals surface area (Å²) in [5.41, 5.74) is 1.94. The number of halogens is 1. The summed E-state index contributed by atoms with van der Waals surface area (Å²) in [5, 5.41) is 12.0. The third-order valence-electron chi connectivity index (χ3n) is 4.34. The summed E-state index contributed by atoms with van der Waals surface area (Å²) in [4.78, 5) is 25.4. The van der Waals surface area contributed by atoms with E-state index >= 15 is 0 Å². The second kappa shape index (κ2) is 8.31. The summed E-state index contributed by atoms with van der Waals surface area (Å²) >= 11 is 0. The number of anilines is 1. The van der Waals surface area contributed by atoms with Crippen molar-refractivity contribution >= 4 is 30.0 Å². The van der Waals surface area contributed by atoms with Crippen LogP contribution in [0.25, 0.3) is 0 Å². The zero-order valence-corrected chi connectivity index (χ0v) is 14.6. The number of nitrogens with one attached hydrogen (secondary N) is 1. The van der Waals surface area contributed by atoms with Crippen molar-refractivity contribution in [3.8, 4) is 0 Å². The van der Waals surface area contributed by atoms with Crippen molar-refractivity contribution in [2.75, 3.05) is 18.4 Å². The number of aliphatic carboxylic acids is 1. The van der Waals surface area contributed by atoms with Gasteiger partial charge in [-0.25, -0.2) is 0 Å². The maximum absolute atomic E-state index is 12.5. The van der Waals surface area contributed by atoms with Crippen LogP contribution in [0.3, 0.4) is 0 Å². The van der Waals surface area contributed by atoms with Crippen molar-refractivity contribution in [1.82, 2.24) is 4.90 Å². The van der Waals surface area contributed by atoms with Crippen LogP contribution in [-0.4, -0.2) is 41.0 Å². The molecule has 1 saturated heterocycles. The van der Waals surface area contributed by atoms with E-state index in [4.69, 9.17) is 5.11 Å². The van der Waals surface area contributed by atoms with E-state index in [0.29, 0.717) is 25.4 Å². The molecule has 1 aliphatic rings. The maximum Gasteiger partial charge on any atom is 0.307 e. The van der Waals surface area contributed by atoms with Crippen LogP contribution in [0.15, 0.2) is 24.3 Å². The van der Waals surface area contributed by atoms with Crippen molar-refractivity contribution in [3.05, 3.63) is 29.8 Å². The number of benzene rings is 1. The Morgan fingerprint density at radius 2 is 1.91 bits per heavy atom. The molecule has 6 heteroatoms. The fraction of sp³-hybridized carbons (Fsp3) is 0.529. The lowest BCUT2D eigenvalue weighted by molar-refractivity contribution is -0.141. The summed E-state index contributed by atoms with van der Waals surface area (Å²) in [5.74, 6) is -0.896. The predicted octanol–water partition coefficient (Wildman–Crippen LogP) is 2.97. The molecule has 0 bridgehead atoms. The standard InChI is InChI=1S/C17H24N2O3.ClH/c1-11(2)14-6-4-5-7-15(14)18-16(20)12(3)19-9-8-13(10-19)17(21)22;/h4-7,11-13H,8-10H2,1-3H3,(H,18,20)(H,21,22);1H. The van der Waals surface area contributed by atoms with Gasteiger partial charge in [0.15, 0.2) is 0 Å². The number of carbonyl (C=O) groups is 2. The number of carboxylic acid groups (broad SMARTS) is 1. The van der Waals surface area contributed by atoms with Crippen LogP contribution < -0.4 is 5.32 Å². The molecule has 0 spiro atoms. The van der Waals surface area contributed by atoms with Crippen molar-refractivity contribution in [1.29, 1.82) is 0 Å². The van der Waals surface area contributed by atoms with Gasteiger partial charge in [-0.1, -0.05) is 32.0 Å². The van der Waals surface area contributed by atoms with Gasteiger partial charge in [-0.05, 0) is 37.4 Å². The molecule has 1 aliphatic heterocycles. The highest BCUT2D eigenvalue weighted by molar-refractivity contribution is 5.95. The zero-order chi connectivity index (χ0) is 16.3. The summed E-state index contributed by atoms with van der Waals surface area (Å²) in [6.07, 6.45) is 0.607. The lowest BCUT2D eigenvalue weighted by atomic mass is 10.0. The summed E-state index contributed by atoms with van der Waals surface area (Å²) in [6.45, 7) is 7.10. The van der Waals surface area contributed by atoms with Gasteiger partial charge < -0.3 is 10.4 Å². The molecule has 0 aliphatic carbocycles. The molecule has 0 saturated carbocycles. The molecule has 2 atom stereocenters. The van der Waals surface area contributed by atoms with Crippen molar-refractivity contribution < 1.29 is 14.7 Å². The van der Waals surface area contributed by atoms with Gasteiger partial charge in [-0.3, -0.25) is 14.5 Å². The fourth-order valence-electron chi connectivity index (χ4n) is 2.86. The van der Waals surface area contributed by atoms with Crippen LogP contribution in [0.5, 0.6) is 0 Å². The molecule has 1 fully saturated rings. The molecule has 5 nitrogen and oxygen atoms in total. The normalized spacial score (nSPS) is 19.2. The Kier molecular flexibility index (Phi) is 7.03. The van der Waals surface area contributed by atoms with Crippen LogP contribution in [0.4, 0.5) is 5.69 Å². The highest BCUT2D eigenvalue weighted by Crippen LogP contribution is 2.25. The van der Waals surface area contributed by atoms with Gasteiger partial charge in [0.2, 0.25) is 5.91 Å². The van der Waals surface area contributed by atoms with Crippen LogP contribution >= 0.6 is 12.4 Å². The average molecular weight is 341 g/mol. The summed E-state index contributed by atoms with van der Waals surface area (Å²) < 4.78 is 0. The molecular weight excluding hydrogens is 316 g/mol. The smallest absolute Gasteiger partial charge is 0.307 e. The molecule has 2 unspecified atom stereocenters. The number of carboxylic acids is 1. The quantitative estimate of drug-likeness (QED) is 0.864. The molecule has 1 heterocycles. The van der Waals surface area contributed by atoms with Crippen molar-refractivity contribution in [3.63, 3.8) is 0 Å². The minimum Gasteiger partial charge on any atom is -0.481 e. The van der Waals surface area contributed by atoms with E-state index < -0.39 is 5.97 Å². The first-order chi connectivity index (χ1) is 10.4. The first-order valence-electron chi connectivity index (χ1n) is 7.76. The number of amides is 1. The molecule has 2 rings (SSSR count). The number of nitrogens with zero attached hydrogens (tertiary/aromatic N) is 1. The lowest BCUT2D eigenvalue weighted by Gasteiger charge is -2.24. The van der Waals surface area contributed by atoms with E-state index in [0.717, 1.165) is 11.3 Å². The monoisotopic (exact) mass is 340 g/mol. The number of hydrogen-bond acceptors (Lipinski definition) is 3. The Morgan fingerprint density at radius 3 is 2.48 bits per heavy atom. The molecule has 0 radical (unpaired) electrons. The highest BCUT2D eigenvalue weighted by atomic mass is 35.5. The predicted molar refractivity (Wildman–Crippen MR) is 93.2 cm³/mol. The zero-order valence-electron chi connectivity index (χ0n) is 13.8. The lowest BCUT2D eigenvalue weighted by Crippen LogP contribution is -2.41. The van der Waals surface area contributed by atoms with E-state index in [9.17, 15) is 9.59 Å². The van der Waals surface area contributed by atoms with Crippen LogP contribution in [-0.2, 0) is 9.59 Å². The third kappa shape index (κ3) is 4.69. The number of likely N-dealkylation sites (tertiary alicyclic amines) is 1. The Hall–Kier alpha value is -1.59. The van der Waals surface area contributed by atoms with Gasteiger partial charge >= 0.3 is 5.97 Å².